The molecule has 0 saturated heterocycles. The van der Waals surface area contributed by atoms with Crippen LogP contribution in [-0.2, 0) is 16.1 Å². The first-order valence-corrected chi connectivity index (χ1v) is 7.98. The number of aryl methyl sites for hydroxylation is 1. The van der Waals surface area contributed by atoms with Gasteiger partial charge >= 0.3 is 5.97 Å². The van der Waals surface area contributed by atoms with E-state index < -0.39 is 10.9 Å². The van der Waals surface area contributed by atoms with Gasteiger partial charge in [-0.2, -0.15) is 4.68 Å². The zero-order valence-corrected chi connectivity index (χ0v) is 14.3. The second kappa shape index (κ2) is 8.00. The Morgan fingerprint density at radius 1 is 1.19 bits per heavy atom. The van der Waals surface area contributed by atoms with Crippen LogP contribution in [0.1, 0.15) is 17.0 Å². The maximum atomic E-state index is 12.7. The van der Waals surface area contributed by atoms with Gasteiger partial charge in [0.15, 0.2) is 11.5 Å². The molecule has 0 aliphatic carbocycles. The van der Waals surface area contributed by atoms with Crippen LogP contribution in [0.25, 0.3) is 11.8 Å². The van der Waals surface area contributed by atoms with Crippen molar-refractivity contribution in [3.05, 3.63) is 81.7 Å². The first kappa shape index (κ1) is 17.9. The van der Waals surface area contributed by atoms with E-state index in [1.165, 1.54) is 16.8 Å². The first-order valence-electron chi connectivity index (χ1n) is 7.98. The second-order valence-electron chi connectivity index (χ2n) is 5.54. The van der Waals surface area contributed by atoms with E-state index in [1.54, 1.807) is 25.1 Å². The minimum Gasteiger partial charge on any atom is -0.456 e. The van der Waals surface area contributed by atoms with E-state index in [4.69, 9.17) is 4.74 Å². The summed E-state index contributed by atoms with van der Waals surface area (Å²) in [6, 6.07) is 15.2. The highest BCUT2D eigenvalue weighted by atomic mass is 16.6. The van der Waals surface area contributed by atoms with Gasteiger partial charge in [0.05, 0.1) is 10.5 Å². The van der Waals surface area contributed by atoms with Crippen molar-refractivity contribution in [2.24, 2.45) is 0 Å². The summed E-state index contributed by atoms with van der Waals surface area (Å²) in [6.07, 6.45) is 1.59. The highest BCUT2D eigenvalue weighted by Gasteiger charge is 2.20. The number of nitrogens with zero attached hydrogens (tertiary/aromatic N) is 5. The van der Waals surface area contributed by atoms with Crippen LogP contribution in [0.5, 0.6) is 0 Å². The van der Waals surface area contributed by atoms with Gasteiger partial charge in [-0.25, -0.2) is 4.79 Å². The summed E-state index contributed by atoms with van der Waals surface area (Å²) in [5.41, 5.74) is 1.04. The van der Waals surface area contributed by atoms with E-state index in [9.17, 15) is 14.9 Å². The minimum atomic E-state index is -0.701. The molecule has 0 saturated carbocycles. The summed E-state index contributed by atoms with van der Waals surface area (Å²) in [6.45, 7) is 1.40. The van der Waals surface area contributed by atoms with Crippen LogP contribution in [0.4, 0.5) is 5.69 Å². The van der Waals surface area contributed by atoms with Crippen LogP contribution in [0.15, 0.2) is 54.6 Å². The number of hydrogen-bond donors (Lipinski definition) is 0. The lowest BCUT2D eigenvalue weighted by atomic mass is 10.2. The molecular formula is C18H15N5O4. The Morgan fingerprint density at radius 3 is 2.56 bits per heavy atom. The SMILES string of the molecule is Cc1nnnn1/C(=C\c1ccccc1)C(=O)OCc1ccccc1[N+](=O)[O-]. The normalized spacial score (nSPS) is 11.2. The summed E-state index contributed by atoms with van der Waals surface area (Å²) in [5, 5.41) is 22.2. The van der Waals surface area contributed by atoms with Crippen molar-refractivity contribution in [1.29, 1.82) is 0 Å². The lowest BCUT2D eigenvalue weighted by Crippen LogP contribution is -2.15. The minimum absolute atomic E-state index is 0.0993. The van der Waals surface area contributed by atoms with Gasteiger partial charge in [-0.1, -0.05) is 42.5 Å². The quantitative estimate of drug-likeness (QED) is 0.285. The highest BCUT2D eigenvalue weighted by Crippen LogP contribution is 2.20. The number of benzene rings is 2. The molecule has 9 nitrogen and oxygen atoms in total. The molecule has 1 heterocycles. The molecule has 0 aliphatic heterocycles. The maximum Gasteiger partial charge on any atom is 0.357 e. The molecule has 0 bridgehead atoms. The Hall–Kier alpha value is -3.88. The van der Waals surface area contributed by atoms with Crippen LogP contribution in [0.3, 0.4) is 0 Å². The van der Waals surface area contributed by atoms with Crippen molar-refractivity contribution in [1.82, 2.24) is 20.2 Å². The molecule has 0 N–H and O–H groups in total. The van der Waals surface area contributed by atoms with Crippen LogP contribution < -0.4 is 0 Å². The number of carbonyl (C=O) groups excluding carboxylic acids is 1. The molecule has 0 atom stereocenters. The zero-order chi connectivity index (χ0) is 19.2. The molecule has 0 unspecified atom stereocenters. The number of nitro benzene ring substituents is 1. The lowest BCUT2D eigenvalue weighted by molar-refractivity contribution is -0.385. The molecule has 136 valence electrons. The first-order chi connectivity index (χ1) is 13.1. The third kappa shape index (κ3) is 4.21. The van der Waals surface area contributed by atoms with Crippen molar-refractivity contribution in [3.8, 4) is 0 Å². The molecule has 2 aromatic carbocycles. The molecule has 0 amide bonds. The third-order valence-corrected chi connectivity index (χ3v) is 3.71. The molecule has 0 fully saturated rings. The highest BCUT2D eigenvalue weighted by molar-refractivity contribution is 6.15. The smallest absolute Gasteiger partial charge is 0.357 e. The lowest BCUT2D eigenvalue weighted by Gasteiger charge is -2.09. The Kier molecular flexibility index (Phi) is 5.31. The van der Waals surface area contributed by atoms with Crippen molar-refractivity contribution < 1.29 is 14.5 Å². The molecule has 0 aliphatic rings. The maximum absolute atomic E-state index is 12.7. The van der Waals surface area contributed by atoms with Crippen molar-refractivity contribution in [2.75, 3.05) is 0 Å². The molecule has 3 rings (SSSR count). The molecule has 3 aromatic rings. The van der Waals surface area contributed by atoms with E-state index in [0.717, 1.165) is 5.56 Å². The summed E-state index contributed by atoms with van der Waals surface area (Å²) >= 11 is 0. The van der Waals surface area contributed by atoms with Gasteiger partial charge in [-0.05, 0) is 35.1 Å². The van der Waals surface area contributed by atoms with Crippen molar-refractivity contribution >= 4 is 23.4 Å². The molecule has 27 heavy (non-hydrogen) atoms. The van der Waals surface area contributed by atoms with E-state index in [1.807, 2.05) is 30.3 Å². The number of rotatable bonds is 6. The predicted octanol–water partition coefficient (Wildman–Crippen LogP) is 2.63. The zero-order valence-electron chi connectivity index (χ0n) is 14.3. The molecule has 1 aromatic heterocycles. The van der Waals surface area contributed by atoms with Gasteiger partial charge in [-0.3, -0.25) is 10.1 Å². The van der Waals surface area contributed by atoms with Gasteiger partial charge in [0, 0.05) is 6.07 Å². The second-order valence-corrected chi connectivity index (χ2v) is 5.54. The van der Waals surface area contributed by atoms with Gasteiger partial charge in [-0.15, -0.1) is 5.10 Å². The average molecular weight is 365 g/mol. The van der Waals surface area contributed by atoms with Crippen LogP contribution >= 0.6 is 0 Å². The van der Waals surface area contributed by atoms with Crippen LogP contribution in [0.2, 0.25) is 0 Å². The van der Waals surface area contributed by atoms with Crippen molar-refractivity contribution in [2.45, 2.75) is 13.5 Å². The number of tetrazole rings is 1. The van der Waals surface area contributed by atoms with Gasteiger partial charge < -0.3 is 4.74 Å². The van der Waals surface area contributed by atoms with Gasteiger partial charge in [0.25, 0.3) is 5.69 Å². The number of nitro groups is 1. The molecular weight excluding hydrogens is 350 g/mol. The largest absolute Gasteiger partial charge is 0.456 e. The number of esters is 1. The monoisotopic (exact) mass is 365 g/mol. The fraction of sp³-hybridized carbons (Fsp3) is 0.111. The summed E-state index contributed by atoms with van der Waals surface area (Å²) in [4.78, 5) is 23.3. The molecule has 0 radical (unpaired) electrons. The summed E-state index contributed by atoms with van der Waals surface area (Å²) < 4.78 is 6.56. The van der Waals surface area contributed by atoms with Gasteiger partial charge in [0.1, 0.15) is 6.61 Å². The van der Waals surface area contributed by atoms with E-state index in [0.29, 0.717) is 11.4 Å². The third-order valence-electron chi connectivity index (χ3n) is 3.71. The number of hydrogen-bond acceptors (Lipinski definition) is 7. The van der Waals surface area contributed by atoms with Crippen LogP contribution in [0, 0.1) is 17.0 Å². The Morgan fingerprint density at radius 2 is 1.89 bits per heavy atom. The number of carbonyl (C=O) groups is 1. The van der Waals surface area contributed by atoms with Gasteiger partial charge in [0.2, 0.25) is 0 Å². The Bertz CT molecular complexity index is 998. The number of para-hydroxylation sites is 1. The average Bonchev–Trinajstić information content (AvgIpc) is 3.10. The molecule has 0 spiro atoms. The van der Waals surface area contributed by atoms with E-state index in [-0.39, 0.29) is 18.0 Å². The molecule has 9 heteroatoms. The predicted molar refractivity (Wildman–Crippen MR) is 96.1 cm³/mol. The fourth-order valence-electron chi connectivity index (χ4n) is 2.40. The summed E-state index contributed by atoms with van der Waals surface area (Å²) in [5.74, 6) is -0.299. The number of aromatic nitrogens is 4. The topological polar surface area (TPSA) is 113 Å². The number of ether oxygens (including phenoxy) is 1. The van der Waals surface area contributed by atoms with Crippen LogP contribution in [-0.4, -0.2) is 31.1 Å². The Labute approximate surface area is 154 Å². The summed E-state index contributed by atoms with van der Waals surface area (Å²) in [7, 11) is 0. The van der Waals surface area contributed by atoms with Crippen molar-refractivity contribution in [3.63, 3.8) is 0 Å². The fourth-order valence-corrected chi connectivity index (χ4v) is 2.40. The Balaban J connectivity index is 1.88. The van der Waals surface area contributed by atoms with E-state index >= 15 is 0 Å². The van der Waals surface area contributed by atoms with E-state index in [2.05, 4.69) is 15.5 Å². The standard InChI is InChI=1S/C18H15N5O4/c1-13-19-20-21-22(13)17(11-14-7-3-2-4-8-14)18(24)27-12-15-9-5-6-10-16(15)23(25)26/h2-11H,12H2,1H3/b17-11-.